The molecule has 1 fully saturated rings. The zero-order valence-corrected chi connectivity index (χ0v) is 24.1. The second-order valence-electron chi connectivity index (χ2n) is 10.8. The second kappa shape index (κ2) is 11.0. The van der Waals surface area contributed by atoms with Crippen LogP contribution in [0.3, 0.4) is 0 Å². The van der Waals surface area contributed by atoms with E-state index in [0.717, 1.165) is 21.4 Å². The number of aliphatic hydroxyl groups is 1. The van der Waals surface area contributed by atoms with E-state index in [1.54, 1.807) is 39.4 Å². The smallest absolute Gasteiger partial charge is 0.321 e. The van der Waals surface area contributed by atoms with Crippen LogP contribution in [0.4, 0.5) is 15.9 Å². The standard InChI is InChI=1S/C28H32N8O4S/c1-5-29-25(39)35-26-34-20-13-16(17-14-31-22(32-15-17)27(2,3)40)12-18(21(20)41-26)19-6-9-30-24(33-19)36-10-7-28(4,8-11-36)23(37)38/h6,9,12-15,40H,5,7-8,10-11H2,1-4H3,(H,37,38)(H2,29,34,35,39). The molecule has 1 aliphatic rings. The Morgan fingerprint density at radius 2 is 1.80 bits per heavy atom. The fourth-order valence-corrected chi connectivity index (χ4v) is 5.57. The first-order chi connectivity index (χ1) is 19.5. The third-order valence-corrected chi connectivity index (χ3v) is 8.19. The average Bonchev–Trinajstić information content (AvgIpc) is 3.35. The topological polar surface area (TPSA) is 166 Å². The lowest BCUT2D eigenvalue weighted by molar-refractivity contribution is -0.149. The highest BCUT2D eigenvalue weighted by Gasteiger charge is 2.37. The Labute approximate surface area is 240 Å². The van der Waals surface area contributed by atoms with E-state index in [1.165, 1.54) is 11.3 Å². The number of aromatic nitrogens is 5. The van der Waals surface area contributed by atoms with E-state index < -0.39 is 17.0 Å². The molecule has 41 heavy (non-hydrogen) atoms. The molecule has 1 aromatic carbocycles. The molecular weight excluding hydrogens is 544 g/mol. The third-order valence-electron chi connectivity index (χ3n) is 7.17. The number of aliphatic carboxylic acids is 1. The van der Waals surface area contributed by atoms with Crippen molar-refractivity contribution >= 4 is 44.6 Å². The molecule has 3 aromatic heterocycles. The maximum Gasteiger partial charge on any atom is 0.321 e. The van der Waals surface area contributed by atoms with E-state index in [2.05, 4.69) is 30.6 Å². The zero-order valence-electron chi connectivity index (χ0n) is 23.3. The van der Waals surface area contributed by atoms with E-state index in [-0.39, 0.29) is 6.03 Å². The number of carboxylic acids is 1. The largest absolute Gasteiger partial charge is 0.481 e. The van der Waals surface area contributed by atoms with Gasteiger partial charge in [-0.2, -0.15) is 0 Å². The summed E-state index contributed by atoms with van der Waals surface area (Å²) in [6.45, 7) is 8.43. The van der Waals surface area contributed by atoms with Gasteiger partial charge in [-0.1, -0.05) is 11.3 Å². The summed E-state index contributed by atoms with van der Waals surface area (Å²) in [5.74, 6) is 0.0509. The predicted octanol–water partition coefficient (Wildman–Crippen LogP) is 4.27. The van der Waals surface area contributed by atoms with Crippen LogP contribution in [0.2, 0.25) is 0 Å². The highest BCUT2D eigenvalue weighted by atomic mass is 32.1. The number of benzene rings is 1. The summed E-state index contributed by atoms with van der Waals surface area (Å²) in [4.78, 5) is 48.6. The number of anilines is 2. The van der Waals surface area contributed by atoms with E-state index in [1.807, 2.05) is 30.0 Å². The molecule has 5 rings (SSSR count). The van der Waals surface area contributed by atoms with Gasteiger partial charge < -0.3 is 20.4 Å². The zero-order chi connectivity index (χ0) is 29.4. The van der Waals surface area contributed by atoms with E-state index >= 15 is 0 Å². The number of urea groups is 1. The van der Waals surface area contributed by atoms with Crippen LogP contribution in [-0.2, 0) is 10.4 Å². The average molecular weight is 577 g/mol. The molecule has 4 heterocycles. The summed E-state index contributed by atoms with van der Waals surface area (Å²) >= 11 is 1.34. The van der Waals surface area contributed by atoms with Gasteiger partial charge in [-0.15, -0.1) is 0 Å². The van der Waals surface area contributed by atoms with Gasteiger partial charge in [0.15, 0.2) is 11.0 Å². The summed E-state index contributed by atoms with van der Waals surface area (Å²) < 4.78 is 0.830. The van der Waals surface area contributed by atoms with Gasteiger partial charge >= 0.3 is 12.0 Å². The number of hydrogen-bond acceptors (Lipinski definition) is 10. The van der Waals surface area contributed by atoms with Crippen LogP contribution in [0.1, 0.15) is 46.4 Å². The van der Waals surface area contributed by atoms with E-state index in [0.29, 0.717) is 60.6 Å². The number of fused-ring (bicyclic) bond motifs is 1. The number of thiazole rings is 1. The molecule has 4 aromatic rings. The van der Waals surface area contributed by atoms with Crippen LogP contribution in [0.5, 0.6) is 0 Å². The van der Waals surface area contributed by atoms with Gasteiger partial charge in [0.05, 0.1) is 21.3 Å². The number of piperidine rings is 1. The summed E-state index contributed by atoms with van der Waals surface area (Å²) in [6.07, 6.45) is 6.01. The van der Waals surface area contributed by atoms with Crippen LogP contribution in [0.15, 0.2) is 36.8 Å². The molecule has 0 aliphatic carbocycles. The van der Waals surface area contributed by atoms with Gasteiger partial charge in [-0.25, -0.2) is 29.7 Å². The molecule has 0 unspecified atom stereocenters. The van der Waals surface area contributed by atoms with Crippen molar-refractivity contribution in [3.63, 3.8) is 0 Å². The number of hydrogen-bond donors (Lipinski definition) is 4. The highest BCUT2D eigenvalue weighted by molar-refractivity contribution is 7.22. The lowest BCUT2D eigenvalue weighted by atomic mass is 9.80. The molecule has 214 valence electrons. The molecule has 0 radical (unpaired) electrons. The number of carboxylic acid groups (broad SMARTS) is 1. The maximum atomic E-state index is 12.2. The Morgan fingerprint density at radius 1 is 1.10 bits per heavy atom. The first-order valence-corrected chi connectivity index (χ1v) is 14.1. The van der Waals surface area contributed by atoms with Gasteiger partial charge in [-0.3, -0.25) is 10.1 Å². The second-order valence-corrected chi connectivity index (χ2v) is 11.8. The van der Waals surface area contributed by atoms with Crippen molar-refractivity contribution in [2.75, 3.05) is 29.9 Å². The van der Waals surface area contributed by atoms with Crippen LogP contribution in [0, 0.1) is 5.41 Å². The number of nitrogens with one attached hydrogen (secondary N) is 2. The predicted molar refractivity (Wildman–Crippen MR) is 157 cm³/mol. The quantitative estimate of drug-likeness (QED) is 0.249. The summed E-state index contributed by atoms with van der Waals surface area (Å²) in [7, 11) is 0. The molecular formula is C28H32N8O4S. The van der Waals surface area contributed by atoms with Crippen molar-refractivity contribution in [1.82, 2.24) is 30.2 Å². The lowest BCUT2D eigenvalue weighted by Crippen LogP contribution is -2.43. The fourth-order valence-electron chi connectivity index (χ4n) is 4.60. The molecule has 0 atom stereocenters. The SMILES string of the molecule is CCNC(=O)Nc1nc2cc(-c3cnc(C(C)(C)O)nc3)cc(-c3ccnc(N4CCC(C)(C(=O)O)CC4)n3)c2s1. The van der Waals surface area contributed by atoms with Crippen molar-refractivity contribution in [1.29, 1.82) is 0 Å². The van der Waals surface area contributed by atoms with Crippen LogP contribution in [0.25, 0.3) is 32.6 Å². The van der Waals surface area contributed by atoms with E-state index in [4.69, 9.17) is 4.98 Å². The normalized spacial score (nSPS) is 15.1. The van der Waals surface area contributed by atoms with Gasteiger partial charge in [-0.05, 0) is 64.3 Å². The Balaban J connectivity index is 1.55. The first-order valence-electron chi connectivity index (χ1n) is 13.3. The third kappa shape index (κ3) is 5.95. The molecule has 13 heteroatoms. The molecule has 1 aliphatic heterocycles. The van der Waals surface area contributed by atoms with Crippen molar-refractivity contribution in [3.05, 3.63) is 42.6 Å². The number of rotatable bonds is 7. The number of nitrogens with zero attached hydrogens (tertiary/aromatic N) is 6. The molecule has 2 amide bonds. The van der Waals surface area contributed by atoms with Crippen molar-refractivity contribution in [2.45, 2.75) is 46.1 Å². The van der Waals surface area contributed by atoms with E-state index in [9.17, 15) is 19.8 Å². The van der Waals surface area contributed by atoms with Gasteiger partial charge in [0.2, 0.25) is 5.95 Å². The van der Waals surface area contributed by atoms with Crippen LogP contribution in [-0.4, -0.2) is 66.8 Å². The minimum absolute atomic E-state index is 0.311. The molecule has 0 saturated carbocycles. The summed E-state index contributed by atoms with van der Waals surface area (Å²) in [5, 5.41) is 25.8. The molecule has 0 spiro atoms. The molecule has 12 nitrogen and oxygen atoms in total. The Morgan fingerprint density at radius 3 is 2.44 bits per heavy atom. The van der Waals surface area contributed by atoms with Crippen LogP contribution >= 0.6 is 11.3 Å². The fraction of sp³-hybridized carbons (Fsp3) is 0.393. The Hall–Kier alpha value is -4.23. The lowest BCUT2D eigenvalue weighted by Gasteiger charge is -2.36. The van der Waals surface area contributed by atoms with Crippen molar-refractivity contribution < 1.29 is 19.8 Å². The summed E-state index contributed by atoms with van der Waals surface area (Å²) in [6, 6.07) is 5.35. The minimum atomic E-state index is -1.17. The molecule has 0 bridgehead atoms. The molecule has 4 N–H and O–H groups in total. The van der Waals surface area contributed by atoms with Crippen molar-refractivity contribution in [2.24, 2.45) is 5.41 Å². The number of carbonyl (C=O) groups excluding carboxylic acids is 1. The monoisotopic (exact) mass is 576 g/mol. The number of carbonyl (C=O) groups is 2. The Kier molecular flexibility index (Phi) is 7.58. The number of amides is 2. The van der Waals surface area contributed by atoms with Gasteiger partial charge in [0, 0.05) is 49.4 Å². The highest BCUT2D eigenvalue weighted by Crippen LogP contribution is 2.39. The summed E-state index contributed by atoms with van der Waals surface area (Å²) in [5.41, 5.74) is 1.71. The van der Waals surface area contributed by atoms with Crippen LogP contribution < -0.4 is 15.5 Å². The molecule has 1 saturated heterocycles. The van der Waals surface area contributed by atoms with Gasteiger partial charge in [0.1, 0.15) is 5.60 Å². The minimum Gasteiger partial charge on any atom is -0.481 e. The maximum absolute atomic E-state index is 12.2. The Bertz CT molecular complexity index is 1590. The van der Waals surface area contributed by atoms with Gasteiger partial charge in [0.25, 0.3) is 0 Å². The van der Waals surface area contributed by atoms with Crippen molar-refractivity contribution in [3.8, 4) is 22.4 Å². The first kappa shape index (κ1) is 28.3.